The van der Waals surface area contributed by atoms with Gasteiger partial charge < -0.3 is 15.5 Å². The molecule has 86 valence electrons. The Labute approximate surface area is 97.9 Å². The van der Waals surface area contributed by atoms with Gasteiger partial charge in [-0.2, -0.15) is 0 Å². The SMILES string of the molecule is O=C(NC1(CCl)CC1)c1cc(O)cc(O)c1. The molecule has 0 spiro atoms. The molecule has 16 heavy (non-hydrogen) atoms. The highest BCUT2D eigenvalue weighted by Crippen LogP contribution is 2.36. The van der Waals surface area contributed by atoms with Gasteiger partial charge in [0.05, 0.1) is 5.54 Å². The number of hydrogen-bond acceptors (Lipinski definition) is 3. The summed E-state index contributed by atoms with van der Waals surface area (Å²) >= 11 is 5.74. The van der Waals surface area contributed by atoms with Crippen LogP contribution in [0.1, 0.15) is 23.2 Å². The summed E-state index contributed by atoms with van der Waals surface area (Å²) in [6, 6.07) is 3.78. The van der Waals surface area contributed by atoms with Crippen molar-refractivity contribution in [1.82, 2.24) is 5.32 Å². The smallest absolute Gasteiger partial charge is 0.252 e. The Morgan fingerprint density at radius 2 is 1.88 bits per heavy atom. The zero-order valence-corrected chi connectivity index (χ0v) is 9.29. The first-order chi connectivity index (χ1) is 7.54. The van der Waals surface area contributed by atoms with Crippen molar-refractivity contribution in [3.8, 4) is 11.5 Å². The molecule has 0 aliphatic heterocycles. The van der Waals surface area contributed by atoms with E-state index in [0.29, 0.717) is 5.88 Å². The molecule has 4 nitrogen and oxygen atoms in total. The molecule has 1 aromatic rings. The molecule has 0 radical (unpaired) electrons. The summed E-state index contributed by atoms with van der Waals surface area (Å²) < 4.78 is 0. The van der Waals surface area contributed by atoms with Gasteiger partial charge in [-0.3, -0.25) is 4.79 Å². The van der Waals surface area contributed by atoms with Crippen molar-refractivity contribution in [2.45, 2.75) is 18.4 Å². The van der Waals surface area contributed by atoms with Gasteiger partial charge in [-0.1, -0.05) is 0 Å². The highest BCUT2D eigenvalue weighted by Gasteiger charge is 2.43. The molecule has 1 aliphatic rings. The predicted molar refractivity (Wildman–Crippen MR) is 59.9 cm³/mol. The van der Waals surface area contributed by atoms with Gasteiger partial charge in [0.2, 0.25) is 0 Å². The summed E-state index contributed by atoms with van der Waals surface area (Å²) in [6.45, 7) is 0. The van der Waals surface area contributed by atoms with Gasteiger partial charge in [-0.15, -0.1) is 11.6 Å². The summed E-state index contributed by atoms with van der Waals surface area (Å²) in [5.41, 5.74) is -0.0615. The molecule has 1 saturated carbocycles. The lowest BCUT2D eigenvalue weighted by Gasteiger charge is -2.14. The van der Waals surface area contributed by atoms with Crippen molar-refractivity contribution in [2.75, 3.05) is 5.88 Å². The average molecular weight is 242 g/mol. The van der Waals surface area contributed by atoms with E-state index in [4.69, 9.17) is 11.6 Å². The van der Waals surface area contributed by atoms with Gasteiger partial charge in [-0.05, 0) is 25.0 Å². The Bertz CT molecular complexity index is 409. The van der Waals surface area contributed by atoms with Crippen molar-refractivity contribution in [1.29, 1.82) is 0 Å². The van der Waals surface area contributed by atoms with E-state index < -0.39 is 0 Å². The maximum absolute atomic E-state index is 11.8. The molecule has 2 rings (SSSR count). The molecule has 0 bridgehead atoms. The minimum Gasteiger partial charge on any atom is -0.508 e. The summed E-state index contributed by atoms with van der Waals surface area (Å²) in [7, 11) is 0. The van der Waals surface area contributed by atoms with Crippen molar-refractivity contribution >= 4 is 17.5 Å². The van der Waals surface area contributed by atoms with Crippen LogP contribution in [0.2, 0.25) is 0 Å². The van der Waals surface area contributed by atoms with Crippen LogP contribution in [0.25, 0.3) is 0 Å². The normalized spacial score (nSPS) is 16.8. The third-order valence-corrected chi connectivity index (χ3v) is 3.16. The molecule has 3 N–H and O–H groups in total. The molecule has 0 atom stereocenters. The molecule has 0 saturated heterocycles. The number of rotatable bonds is 3. The number of phenolic OH excluding ortho intramolecular Hbond substituents is 2. The fourth-order valence-electron chi connectivity index (χ4n) is 1.48. The first kappa shape index (κ1) is 11.1. The van der Waals surface area contributed by atoms with Crippen LogP contribution in [0.4, 0.5) is 0 Å². The van der Waals surface area contributed by atoms with Crippen LogP contribution >= 0.6 is 11.6 Å². The number of halogens is 1. The van der Waals surface area contributed by atoms with Crippen LogP contribution < -0.4 is 5.32 Å². The topological polar surface area (TPSA) is 69.6 Å². The van der Waals surface area contributed by atoms with Crippen molar-refractivity contribution in [3.05, 3.63) is 23.8 Å². The number of carbonyl (C=O) groups excluding carboxylic acids is 1. The first-order valence-electron chi connectivity index (χ1n) is 4.96. The Hall–Kier alpha value is -1.42. The van der Waals surface area contributed by atoms with Gasteiger partial charge in [0.1, 0.15) is 11.5 Å². The Balaban J connectivity index is 2.14. The van der Waals surface area contributed by atoms with Crippen molar-refractivity contribution < 1.29 is 15.0 Å². The summed E-state index contributed by atoms with van der Waals surface area (Å²) in [6.07, 6.45) is 1.74. The number of carbonyl (C=O) groups is 1. The number of benzene rings is 1. The molecule has 0 aromatic heterocycles. The van der Waals surface area contributed by atoms with Crippen LogP contribution in [-0.2, 0) is 0 Å². The van der Waals surface area contributed by atoms with Crippen LogP contribution in [-0.4, -0.2) is 27.5 Å². The lowest BCUT2D eigenvalue weighted by molar-refractivity contribution is 0.0935. The first-order valence-corrected chi connectivity index (χ1v) is 5.50. The van der Waals surface area contributed by atoms with Gasteiger partial charge in [-0.25, -0.2) is 0 Å². The molecule has 1 aromatic carbocycles. The summed E-state index contributed by atoms with van der Waals surface area (Å²) in [5.74, 6) is -0.227. The zero-order chi connectivity index (χ0) is 11.8. The lowest BCUT2D eigenvalue weighted by Crippen LogP contribution is -2.38. The van der Waals surface area contributed by atoms with Crippen LogP contribution in [0.15, 0.2) is 18.2 Å². The number of amides is 1. The molecule has 0 heterocycles. The maximum atomic E-state index is 11.8. The molecule has 1 amide bonds. The van der Waals surface area contributed by atoms with E-state index in [9.17, 15) is 15.0 Å². The molecular weight excluding hydrogens is 230 g/mol. The van der Waals surface area contributed by atoms with E-state index in [2.05, 4.69) is 5.32 Å². The van der Waals surface area contributed by atoms with Crippen LogP contribution in [0, 0.1) is 0 Å². The van der Waals surface area contributed by atoms with Crippen LogP contribution in [0.3, 0.4) is 0 Å². The van der Waals surface area contributed by atoms with Crippen LogP contribution in [0.5, 0.6) is 11.5 Å². The van der Waals surface area contributed by atoms with Gasteiger partial charge >= 0.3 is 0 Å². The average Bonchev–Trinajstić information content (AvgIpc) is 2.97. The Morgan fingerprint density at radius 3 is 2.31 bits per heavy atom. The number of hydrogen-bond donors (Lipinski definition) is 3. The minimum absolute atomic E-state index is 0.138. The van der Waals surface area contributed by atoms with Crippen molar-refractivity contribution in [2.24, 2.45) is 0 Å². The van der Waals surface area contributed by atoms with E-state index >= 15 is 0 Å². The zero-order valence-electron chi connectivity index (χ0n) is 8.53. The highest BCUT2D eigenvalue weighted by atomic mass is 35.5. The number of alkyl halides is 1. The van der Waals surface area contributed by atoms with E-state index in [1.54, 1.807) is 0 Å². The fourth-order valence-corrected chi connectivity index (χ4v) is 1.82. The van der Waals surface area contributed by atoms with E-state index in [0.717, 1.165) is 12.8 Å². The number of aromatic hydroxyl groups is 2. The fraction of sp³-hybridized carbons (Fsp3) is 0.364. The van der Waals surface area contributed by atoms with E-state index in [1.807, 2.05) is 0 Å². The maximum Gasteiger partial charge on any atom is 0.252 e. The summed E-state index contributed by atoms with van der Waals surface area (Å²) in [5, 5.41) is 21.3. The standard InChI is InChI=1S/C11H12ClNO3/c12-6-11(1-2-11)13-10(16)7-3-8(14)5-9(15)4-7/h3-5,14-15H,1-2,6H2,(H,13,16). The molecule has 0 unspecified atom stereocenters. The number of nitrogens with one attached hydrogen (secondary N) is 1. The Morgan fingerprint density at radius 1 is 1.31 bits per heavy atom. The quantitative estimate of drug-likeness (QED) is 0.704. The van der Waals surface area contributed by atoms with Gasteiger partial charge in [0, 0.05) is 17.5 Å². The van der Waals surface area contributed by atoms with Gasteiger partial charge in [0.15, 0.2) is 0 Å². The second-order valence-electron chi connectivity index (χ2n) is 4.11. The van der Waals surface area contributed by atoms with Gasteiger partial charge in [0.25, 0.3) is 5.91 Å². The molecule has 5 heteroatoms. The van der Waals surface area contributed by atoms with E-state index in [-0.39, 0.29) is 28.5 Å². The lowest BCUT2D eigenvalue weighted by atomic mass is 10.1. The largest absolute Gasteiger partial charge is 0.508 e. The predicted octanol–water partition coefficient (Wildman–Crippen LogP) is 1.60. The second kappa shape index (κ2) is 3.87. The molecule has 1 fully saturated rings. The summed E-state index contributed by atoms with van der Waals surface area (Å²) in [4.78, 5) is 11.8. The minimum atomic E-state index is -0.329. The highest BCUT2D eigenvalue weighted by molar-refractivity contribution is 6.19. The molecule has 1 aliphatic carbocycles. The van der Waals surface area contributed by atoms with E-state index in [1.165, 1.54) is 18.2 Å². The second-order valence-corrected chi connectivity index (χ2v) is 4.37. The number of phenols is 2. The Kier molecular flexibility index (Phi) is 2.68. The molecular formula is C11H12ClNO3. The monoisotopic (exact) mass is 241 g/mol. The third kappa shape index (κ3) is 2.22. The third-order valence-electron chi connectivity index (χ3n) is 2.65. The van der Waals surface area contributed by atoms with Crippen molar-refractivity contribution in [3.63, 3.8) is 0 Å².